The maximum absolute atomic E-state index is 13.5. The molecule has 180 valence electrons. The number of aliphatic hydroxyl groups excluding tert-OH is 1. The van der Waals surface area contributed by atoms with Gasteiger partial charge < -0.3 is 20.3 Å². The average Bonchev–Trinajstić information content (AvgIpc) is 3.31. The molecule has 3 N–H and O–H groups in total. The third-order valence-corrected chi connectivity index (χ3v) is 6.28. The molecule has 35 heavy (non-hydrogen) atoms. The van der Waals surface area contributed by atoms with Crippen LogP contribution in [0, 0.1) is 11.6 Å². The number of aromatic nitrogens is 4. The van der Waals surface area contributed by atoms with Gasteiger partial charge in [0.25, 0.3) is 0 Å². The largest absolute Gasteiger partial charge is 0.387 e. The maximum Gasteiger partial charge on any atom is 0.248 e. The molecule has 0 atom stereocenters. The lowest BCUT2D eigenvalue weighted by Crippen LogP contribution is -2.39. The number of pyridine rings is 1. The number of aliphatic hydroxyl groups is 1. The Bertz CT molecular complexity index is 1350. The van der Waals surface area contributed by atoms with Crippen LogP contribution in [0.1, 0.15) is 30.0 Å². The molecule has 0 saturated carbocycles. The molecule has 4 heterocycles. The second-order valence-corrected chi connectivity index (χ2v) is 8.58. The van der Waals surface area contributed by atoms with Crippen molar-refractivity contribution in [1.29, 1.82) is 0 Å². The maximum atomic E-state index is 13.5. The van der Waals surface area contributed by atoms with Crippen molar-refractivity contribution in [2.24, 2.45) is 0 Å². The van der Waals surface area contributed by atoms with Crippen molar-refractivity contribution < 1.29 is 18.7 Å². The minimum absolute atomic E-state index is 0.199. The van der Waals surface area contributed by atoms with E-state index < -0.39 is 18.2 Å². The van der Waals surface area contributed by atoms with Crippen molar-refractivity contribution in [3.63, 3.8) is 0 Å². The van der Waals surface area contributed by atoms with Gasteiger partial charge in [-0.3, -0.25) is 9.78 Å². The molecule has 1 saturated heterocycles. The molecule has 1 aliphatic heterocycles. The Morgan fingerprint density at radius 3 is 2.66 bits per heavy atom. The Hall–Kier alpha value is -3.92. The average molecular weight is 479 g/mol. The zero-order valence-corrected chi connectivity index (χ0v) is 18.8. The number of halogens is 2. The molecular formula is C25H24F2N6O2. The molecule has 0 aliphatic carbocycles. The Kier molecular flexibility index (Phi) is 6.37. The van der Waals surface area contributed by atoms with Crippen LogP contribution < -0.4 is 5.32 Å². The molecule has 5 rings (SSSR count). The highest BCUT2D eigenvalue weighted by atomic mass is 19.1. The Balaban J connectivity index is 1.35. The van der Waals surface area contributed by atoms with E-state index in [-0.39, 0.29) is 18.4 Å². The number of piperidine rings is 1. The number of hydrogen-bond donors (Lipinski definition) is 3. The van der Waals surface area contributed by atoms with E-state index in [2.05, 4.69) is 31.3 Å². The summed E-state index contributed by atoms with van der Waals surface area (Å²) >= 11 is 0. The van der Waals surface area contributed by atoms with Crippen molar-refractivity contribution in [3.05, 3.63) is 71.8 Å². The van der Waals surface area contributed by atoms with Gasteiger partial charge in [0.2, 0.25) is 5.91 Å². The van der Waals surface area contributed by atoms with Gasteiger partial charge in [-0.1, -0.05) is 0 Å². The van der Waals surface area contributed by atoms with E-state index in [0.717, 1.165) is 41.2 Å². The van der Waals surface area contributed by atoms with E-state index in [1.165, 1.54) is 12.1 Å². The van der Waals surface area contributed by atoms with E-state index in [4.69, 9.17) is 5.11 Å². The van der Waals surface area contributed by atoms with Gasteiger partial charge in [-0.15, -0.1) is 0 Å². The quantitative estimate of drug-likeness (QED) is 0.391. The number of nitrogens with zero attached hydrogens (tertiary/aromatic N) is 4. The van der Waals surface area contributed by atoms with Crippen LogP contribution in [-0.2, 0) is 11.3 Å². The number of hydrogen-bond acceptors (Lipinski definition) is 6. The number of rotatable bonds is 6. The summed E-state index contributed by atoms with van der Waals surface area (Å²) in [4.78, 5) is 30.2. The van der Waals surface area contributed by atoms with Gasteiger partial charge in [-0.25, -0.2) is 18.7 Å². The lowest BCUT2D eigenvalue weighted by atomic mass is 9.93. The second-order valence-electron chi connectivity index (χ2n) is 8.58. The van der Waals surface area contributed by atoms with Crippen molar-refractivity contribution in [2.45, 2.75) is 25.3 Å². The van der Waals surface area contributed by atoms with Crippen molar-refractivity contribution >= 4 is 22.8 Å². The molecule has 0 radical (unpaired) electrons. The zero-order valence-electron chi connectivity index (χ0n) is 18.8. The molecule has 1 fully saturated rings. The third-order valence-electron chi connectivity index (χ3n) is 6.28. The fraction of sp³-hybridized carbons (Fsp3) is 0.280. The third kappa shape index (κ3) is 4.97. The predicted molar refractivity (Wildman–Crippen MR) is 126 cm³/mol. The first-order valence-electron chi connectivity index (χ1n) is 11.4. The monoisotopic (exact) mass is 478 g/mol. The molecule has 1 aliphatic rings. The van der Waals surface area contributed by atoms with Crippen LogP contribution in [-0.4, -0.2) is 55.5 Å². The number of H-pyrrole nitrogens is 1. The summed E-state index contributed by atoms with van der Waals surface area (Å²) in [5.41, 5.74) is 3.75. The number of likely N-dealkylation sites (tertiary alicyclic amines) is 1. The summed E-state index contributed by atoms with van der Waals surface area (Å²) in [5.74, 6) is -0.762. The molecule has 0 spiro atoms. The van der Waals surface area contributed by atoms with Gasteiger partial charge in [0.15, 0.2) is 0 Å². The topological polar surface area (TPSA) is 107 Å². The van der Waals surface area contributed by atoms with Crippen LogP contribution in [0.3, 0.4) is 0 Å². The molecule has 0 unspecified atom stereocenters. The lowest BCUT2D eigenvalue weighted by molar-refractivity contribution is -0.135. The number of anilines is 1. The van der Waals surface area contributed by atoms with Crippen LogP contribution in [0.15, 0.2) is 48.9 Å². The van der Waals surface area contributed by atoms with Crippen LogP contribution in [0.25, 0.3) is 22.3 Å². The first-order chi connectivity index (χ1) is 17.0. The molecule has 3 aromatic heterocycles. The standard InChI is InChI=1S/C25H24F2N6O2/c26-17-7-15(8-18(27)9-17)11-30-23-13-28-12-22(31-23)19-1-4-29-25-20(19)10-21(32-25)16-2-5-33(6-3-16)24(35)14-34/h1,4,7-10,12-13,16,34H,2-3,5-6,11,14H2,(H,29,32)(H,30,31). The summed E-state index contributed by atoms with van der Waals surface area (Å²) in [6, 6.07) is 7.32. The van der Waals surface area contributed by atoms with Gasteiger partial charge in [-0.05, 0) is 42.7 Å². The first kappa shape index (κ1) is 22.9. The molecule has 10 heteroatoms. The van der Waals surface area contributed by atoms with E-state index in [9.17, 15) is 13.6 Å². The zero-order chi connectivity index (χ0) is 24.4. The summed E-state index contributed by atoms with van der Waals surface area (Å²) in [5, 5.41) is 13.1. The Labute approximate surface area is 200 Å². The summed E-state index contributed by atoms with van der Waals surface area (Å²) < 4.78 is 26.9. The van der Waals surface area contributed by atoms with E-state index in [1.54, 1.807) is 23.5 Å². The molecule has 4 aromatic rings. The van der Waals surface area contributed by atoms with Crippen molar-refractivity contribution in [3.8, 4) is 11.3 Å². The fourth-order valence-electron chi connectivity index (χ4n) is 4.52. The van der Waals surface area contributed by atoms with Gasteiger partial charge in [0, 0.05) is 54.5 Å². The number of amides is 1. The lowest BCUT2D eigenvalue weighted by Gasteiger charge is -2.31. The van der Waals surface area contributed by atoms with Crippen LogP contribution in [0.5, 0.6) is 0 Å². The van der Waals surface area contributed by atoms with Crippen molar-refractivity contribution in [1.82, 2.24) is 24.8 Å². The number of benzene rings is 1. The Morgan fingerprint density at radius 1 is 1.14 bits per heavy atom. The number of carbonyl (C=O) groups excluding carboxylic acids is 1. The Morgan fingerprint density at radius 2 is 1.91 bits per heavy atom. The van der Waals surface area contributed by atoms with E-state index >= 15 is 0 Å². The predicted octanol–water partition coefficient (Wildman–Crippen LogP) is 3.61. The van der Waals surface area contributed by atoms with E-state index in [0.29, 0.717) is 30.2 Å². The molecule has 1 aromatic carbocycles. The van der Waals surface area contributed by atoms with Gasteiger partial charge in [0.1, 0.15) is 29.7 Å². The smallest absolute Gasteiger partial charge is 0.248 e. The van der Waals surface area contributed by atoms with Gasteiger partial charge >= 0.3 is 0 Å². The number of carbonyl (C=O) groups is 1. The van der Waals surface area contributed by atoms with Gasteiger partial charge in [-0.2, -0.15) is 0 Å². The van der Waals surface area contributed by atoms with Gasteiger partial charge in [0.05, 0.1) is 18.1 Å². The SMILES string of the molecule is O=C(CO)N1CCC(c2cc3c(-c4cncc(NCc5cc(F)cc(F)c5)n4)ccnc3[nH]2)CC1. The highest BCUT2D eigenvalue weighted by molar-refractivity contribution is 5.92. The number of fused-ring (bicyclic) bond motifs is 1. The number of aromatic amines is 1. The second kappa shape index (κ2) is 9.75. The minimum atomic E-state index is -0.630. The van der Waals surface area contributed by atoms with Crippen LogP contribution in [0.4, 0.5) is 14.6 Å². The molecule has 1 amide bonds. The molecule has 0 bridgehead atoms. The molecule has 8 nitrogen and oxygen atoms in total. The van der Waals surface area contributed by atoms with E-state index in [1.807, 2.05) is 6.07 Å². The highest BCUT2D eigenvalue weighted by Crippen LogP contribution is 2.33. The summed E-state index contributed by atoms with van der Waals surface area (Å²) in [7, 11) is 0. The van der Waals surface area contributed by atoms with Crippen LogP contribution in [0.2, 0.25) is 0 Å². The highest BCUT2D eigenvalue weighted by Gasteiger charge is 2.25. The van der Waals surface area contributed by atoms with Crippen LogP contribution >= 0.6 is 0 Å². The van der Waals surface area contributed by atoms with Crippen molar-refractivity contribution in [2.75, 3.05) is 25.0 Å². The summed E-state index contributed by atoms with van der Waals surface area (Å²) in [6.45, 7) is 0.949. The fourth-order valence-corrected chi connectivity index (χ4v) is 4.52. The first-order valence-corrected chi connectivity index (χ1v) is 11.4. The number of nitrogens with one attached hydrogen (secondary N) is 2. The normalized spacial score (nSPS) is 14.4. The summed E-state index contributed by atoms with van der Waals surface area (Å²) in [6.07, 6.45) is 6.52. The molecular weight excluding hydrogens is 454 g/mol. The minimum Gasteiger partial charge on any atom is -0.387 e.